The lowest BCUT2D eigenvalue weighted by Gasteiger charge is -2.11. The van der Waals surface area contributed by atoms with Gasteiger partial charge in [0.05, 0.1) is 17.1 Å². The minimum absolute atomic E-state index is 0.224. The summed E-state index contributed by atoms with van der Waals surface area (Å²) in [4.78, 5) is 27.7. The van der Waals surface area contributed by atoms with Crippen LogP contribution < -0.4 is 5.32 Å². The zero-order valence-corrected chi connectivity index (χ0v) is 21.7. The number of anilines is 1. The van der Waals surface area contributed by atoms with Gasteiger partial charge in [-0.1, -0.05) is 84.0 Å². The molecule has 1 amide bonds. The molecule has 1 aromatic heterocycles. The first-order chi connectivity index (χ1) is 18.6. The molecule has 1 N–H and O–H groups in total. The van der Waals surface area contributed by atoms with Crippen molar-refractivity contribution < 1.29 is 14.3 Å². The number of benzene rings is 4. The van der Waals surface area contributed by atoms with E-state index in [1.165, 1.54) is 16.4 Å². The van der Waals surface area contributed by atoms with E-state index in [-0.39, 0.29) is 5.69 Å². The normalized spacial score (nSPS) is 10.7. The van der Waals surface area contributed by atoms with Gasteiger partial charge in [-0.3, -0.25) is 4.79 Å². The number of para-hydroxylation sites is 2. The Bertz CT molecular complexity index is 1560. The second-order valence-corrected chi connectivity index (χ2v) is 9.76. The zero-order valence-electron chi connectivity index (χ0n) is 20.1. The molecule has 188 valence electrons. The number of esters is 1. The van der Waals surface area contributed by atoms with E-state index in [1.807, 2.05) is 103 Å². The fraction of sp³-hybridized carbons (Fsp3) is 0.0333. The fourth-order valence-electron chi connectivity index (χ4n) is 3.72. The molecule has 1 heterocycles. The number of hydrogen-bond acceptors (Lipinski definition) is 5. The molecule has 0 saturated carbocycles. The van der Waals surface area contributed by atoms with Gasteiger partial charge in [-0.05, 0) is 54.6 Å². The molecule has 6 nitrogen and oxygen atoms in total. The van der Waals surface area contributed by atoms with Crippen LogP contribution in [0.15, 0.2) is 125 Å². The molecule has 0 radical (unpaired) electrons. The average molecular weight is 540 g/mol. The lowest BCUT2D eigenvalue weighted by Crippen LogP contribution is -2.22. The van der Waals surface area contributed by atoms with Gasteiger partial charge in [-0.25, -0.2) is 9.48 Å². The summed E-state index contributed by atoms with van der Waals surface area (Å²) in [6, 6.07) is 35.4. The number of aromatic nitrogens is 2. The van der Waals surface area contributed by atoms with E-state index < -0.39 is 18.5 Å². The third-order valence-electron chi connectivity index (χ3n) is 5.53. The number of nitrogens with zero attached hydrogens (tertiary/aromatic N) is 2. The number of carbonyl (C=O) groups is 2. The van der Waals surface area contributed by atoms with E-state index in [9.17, 15) is 9.59 Å². The van der Waals surface area contributed by atoms with Gasteiger partial charge in [-0.2, -0.15) is 5.10 Å². The van der Waals surface area contributed by atoms with Crippen LogP contribution in [0.1, 0.15) is 10.5 Å². The van der Waals surface area contributed by atoms with Crippen LogP contribution in [0, 0.1) is 0 Å². The number of rotatable bonds is 8. The zero-order chi connectivity index (χ0) is 26.3. The maximum atomic E-state index is 13.1. The van der Waals surface area contributed by atoms with Gasteiger partial charge in [0, 0.05) is 20.4 Å². The molecular weight excluding hydrogens is 518 g/mol. The molecular formula is C30H22ClN3O3S. The predicted octanol–water partition coefficient (Wildman–Crippen LogP) is 7.14. The molecule has 0 aliphatic carbocycles. The van der Waals surface area contributed by atoms with Crippen molar-refractivity contribution in [3.63, 3.8) is 0 Å². The third kappa shape index (κ3) is 6.14. The Morgan fingerprint density at radius 3 is 2.24 bits per heavy atom. The van der Waals surface area contributed by atoms with Gasteiger partial charge < -0.3 is 10.1 Å². The maximum absolute atomic E-state index is 13.1. The van der Waals surface area contributed by atoms with E-state index in [0.29, 0.717) is 22.1 Å². The van der Waals surface area contributed by atoms with Gasteiger partial charge in [0.25, 0.3) is 5.91 Å². The lowest BCUT2D eigenvalue weighted by molar-refractivity contribution is -0.119. The summed E-state index contributed by atoms with van der Waals surface area (Å²) >= 11 is 7.48. The summed E-state index contributed by atoms with van der Waals surface area (Å²) in [5.74, 6) is -1.10. The number of nitrogens with one attached hydrogen (secondary N) is 1. The van der Waals surface area contributed by atoms with Crippen LogP contribution in [-0.2, 0) is 9.53 Å². The van der Waals surface area contributed by atoms with Crippen molar-refractivity contribution >= 4 is 40.9 Å². The predicted molar refractivity (Wildman–Crippen MR) is 150 cm³/mol. The molecule has 0 unspecified atom stereocenters. The van der Waals surface area contributed by atoms with Gasteiger partial charge in [0.2, 0.25) is 0 Å². The summed E-state index contributed by atoms with van der Waals surface area (Å²) in [6.45, 7) is -0.445. The van der Waals surface area contributed by atoms with Gasteiger partial charge in [0.1, 0.15) is 0 Å². The second kappa shape index (κ2) is 11.8. The Morgan fingerprint density at radius 1 is 0.842 bits per heavy atom. The minimum atomic E-state index is -0.650. The molecule has 0 aliphatic heterocycles. The van der Waals surface area contributed by atoms with Crippen LogP contribution >= 0.6 is 23.4 Å². The number of ether oxygens (including phenoxy) is 1. The first-order valence-corrected chi connectivity index (χ1v) is 13.0. The van der Waals surface area contributed by atoms with Crippen molar-refractivity contribution in [2.24, 2.45) is 0 Å². The van der Waals surface area contributed by atoms with Crippen molar-refractivity contribution in [3.05, 3.63) is 126 Å². The standard InChI is InChI=1S/C30H22ClN3O3S/c31-22-15-17-24(18-16-22)38-28-14-8-7-13-25(28)32-29(35)20-37-30(36)27-19-26(21-9-3-1-4-10-21)33-34(27)23-11-5-2-6-12-23/h1-19H,20H2,(H,32,35). The molecule has 38 heavy (non-hydrogen) atoms. The van der Waals surface area contributed by atoms with E-state index in [2.05, 4.69) is 10.4 Å². The Kier molecular flexibility index (Phi) is 7.87. The fourth-order valence-corrected chi connectivity index (χ4v) is 4.75. The first-order valence-electron chi connectivity index (χ1n) is 11.8. The molecule has 0 bridgehead atoms. The summed E-state index contributed by atoms with van der Waals surface area (Å²) < 4.78 is 6.94. The van der Waals surface area contributed by atoms with Crippen molar-refractivity contribution in [1.82, 2.24) is 9.78 Å². The number of carbonyl (C=O) groups excluding carboxylic acids is 2. The van der Waals surface area contributed by atoms with Crippen molar-refractivity contribution in [1.29, 1.82) is 0 Å². The minimum Gasteiger partial charge on any atom is -0.451 e. The third-order valence-corrected chi connectivity index (χ3v) is 6.86. The molecule has 0 spiro atoms. The molecule has 0 atom stereocenters. The van der Waals surface area contributed by atoms with Crippen LogP contribution in [0.5, 0.6) is 0 Å². The van der Waals surface area contributed by atoms with Crippen molar-refractivity contribution in [2.75, 3.05) is 11.9 Å². The molecule has 5 rings (SSSR count). The highest BCUT2D eigenvalue weighted by Crippen LogP contribution is 2.34. The molecule has 0 fully saturated rings. The van der Waals surface area contributed by atoms with E-state index in [4.69, 9.17) is 16.3 Å². The first kappa shape index (κ1) is 25.3. The van der Waals surface area contributed by atoms with Gasteiger partial charge in [-0.15, -0.1) is 0 Å². The van der Waals surface area contributed by atoms with Crippen LogP contribution in [-0.4, -0.2) is 28.3 Å². The Hall–Kier alpha value is -4.33. The van der Waals surface area contributed by atoms with Gasteiger partial charge >= 0.3 is 5.97 Å². The SMILES string of the molecule is O=C(COC(=O)c1cc(-c2ccccc2)nn1-c1ccccc1)Nc1ccccc1Sc1ccc(Cl)cc1. The largest absolute Gasteiger partial charge is 0.451 e. The van der Waals surface area contributed by atoms with E-state index >= 15 is 0 Å². The highest BCUT2D eigenvalue weighted by molar-refractivity contribution is 7.99. The highest BCUT2D eigenvalue weighted by atomic mass is 35.5. The molecule has 8 heteroatoms. The quantitative estimate of drug-likeness (QED) is 0.212. The summed E-state index contributed by atoms with van der Waals surface area (Å²) in [5.41, 5.74) is 3.04. The van der Waals surface area contributed by atoms with Crippen LogP contribution in [0.3, 0.4) is 0 Å². The molecule has 4 aromatic carbocycles. The van der Waals surface area contributed by atoms with Crippen LogP contribution in [0.25, 0.3) is 16.9 Å². The molecule has 0 aliphatic rings. The van der Waals surface area contributed by atoms with Crippen LogP contribution in [0.2, 0.25) is 5.02 Å². The lowest BCUT2D eigenvalue weighted by atomic mass is 10.1. The van der Waals surface area contributed by atoms with Gasteiger partial charge in [0.15, 0.2) is 12.3 Å². The monoisotopic (exact) mass is 539 g/mol. The smallest absolute Gasteiger partial charge is 0.357 e. The van der Waals surface area contributed by atoms with E-state index in [0.717, 1.165) is 15.4 Å². The number of amides is 1. The number of halogens is 1. The summed E-state index contributed by atoms with van der Waals surface area (Å²) in [6.07, 6.45) is 0. The Morgan fingerprint density at radius 2 is 1.50 bits per heavy atom. The Balaban J connectivity index is 1.30. The number of hydrogen-bond donors (Lipinski definition) is 1. The van der Waals surface area contributed by atoms with Crippen molar-refractivity contribution in [3.8, 4) is 16.9 Å². The average Bonchev–Trinajstić information content (AvgIpc) is 3.41. The maximum Gasteiger partial charge on any atom is 0.357 e. The van der Waals surface area contributed by atoms with Crippen molar-refractivity contribution in [2.45, 2.75) is 9.79 Å². The topological polar surface area (TPSA) is 73.2 Å². The Labute approximate surface area is 229 Å². The van der Waals surface area contributed by atoms with Crippen LogP contribution in [0.4, 0.5) is 5.69 Å². The molecule has 0 saturated heterocycles. The highest BCUT2D eigenvalue weighted by Gasteiger charge is 2.20. The molecule has 5 aromatic rings. The summed E-state index contributed by atoms with van der Waals surface area (Å²) in [7, 11) is 0. The van der Waals surface area contributed by atoms with E-state index in [1.54, 1.807) is 12.1 Å². The second-order valence-electron chi connectivity index (χ2n) is 8.20. The summed E-state index contributed by atoms with van der Waals surface area (Å²) in [5, 5.41) is 8.12.